The fourth-order valence-corrected chi connectivity index (χ4v) is 6.20. The summed E-state index contributed by atoms with van der Waals surface area (Å²) in [6.45, 7) is 5.50. The molecule has 0 fully saturated rings. The number of carbonyl (C=O) groups is 1. The summed E-state index contributed by atoms with van der Waals surface area (Å²) in [5.41, 5.74) is -0.936. The molecule has 0 aliphatic carbocycles. The van der Waals surface area contributed by atoms with Crippen molar-refractivity contribution in [3.8, 4) is 5.69 Å². The van der Waals surface area contributed by atoms with E-state index in [1.165, 1.54) is 36.4 Å². The van der Waals surface area contributed by atoms with Crippen molar-refractivity contribution in [3.63, 3.8) is 0 Å². The molecule has 0 saturated heterocycles. The summed E-state index contributed by atoms with van der Waals surface area (Å²) in [6, 6.07) is 11.1. The Bertz CT molecular complexity index is 1960. The molecule has 0 unspecified atom stereocenters. The Balaban J connectivity index is 1.90. The van der Waals surface area contributed by atoms with Crippen LogP contribution in [0.5, 0.6) is 0 Å². The zero-order valence-electron chi connectivity index (χ0n) is 25.8. The summed E-state index contributed by atoms with van der Waals surface area (Å²) >= 11 is 0. The van der Waals surface area contributed by atoms with Crippen LogP contribution in [-0.4, -0.2) is 64.1 Å². The second-order valence-corrected chi connectivity index (χ2v) is 14.2. The first kappa shape index (κ1) is 34.4. The van der Waals surface area contributed by atoms with Crippen LogP contribution < -0.4 is 5.56 Å². The molecule has 0 spiro atoms. The molecule has 0 saturated carbocycles. The van der Waals surface area contributed by atoms with E-state index in [-0.39, 0.29) is 28.2 Å². The smallest absolute Gasteiger partial charge is 0.331 e. The minimum atomic E-state index is -5.00. The van der Waals surface area contributed by atoms with Gasteiger partial charge in [0.2, 0.25) is 5.91 Å². The van der Waals surface area contributed by atoms with E-state index < -0.39 is 62.6 Å². The molecule has 0 aliphatic rings. The Labute approximate surface area is 263 Å². The van der Waals surface area contributed by atoms with E-state index in [2.05, 4.69) is 15.0 Å². The molecule has 1 amide bonds. The molecule has 0 bridgehead atoms. The first-order valence-corrected chi connectivity index (χ1v) is 15.9. The zero-order chi connectivity index (χ0) is 34.0. The summed E-state index contributed by atoms with van der Waals surface area (Å²) in [6.07, 6.45) is -2.55. The molecular weight excluding hydrogens is 626 g/mol. The van der Waals surface area contributed by atoms with E-state index in [4.69, 9.17) is 0 Å². The first-order chi connectivity index (χ1) is 21.5. The number of pyridine rings is 1. The number of sulfone groups is 1. The van der Waals surface area contributed by atoms with Crippen LogP contribution in [0.2, 0.25) is 0 Å². The van der Waals surface area contributed by atoms with Crippen LogP contribution >= 0.6 is 0 Å². The average molecular weight is 660 g/mol. The minimum absolute atomic E-state index is 0.0428. The van der Waals surface area contributed by atoms with Crippen molar-refractivity contribution >= 4 is 33.0 Å². The Morgan fingerprint density at radius 3 is 2.39 bits per heavy atom. The van der Waals surface area contributed by atoms with Crippen LogP contribution in [0.4, 0.5) is 17.6 Å². The molecule has 0 N–H and O–H groups in total. The number of hydrogen-bond acceptors (Lipinski definition) is 7. The van der Waals surface area contributed by atoms with E-state index in [1.807, 2.05) is 0 Å². The Morgan fingerprint density at radius 2 is 1.78 bits per heavy atom. The van der Waals surface area contributed by atoms with Gasteiger partial charge in [0.05, 0.1) is 33.8 Å². The molecular formula is C32H33F4N5O4S. The van der Waals surface area contributed by atoms with Crippen LogP contribution in [0, 0.1) is 5.82 Å². The monoisotopic (exact) mass is 659 g/mol. The lowest BCUT2D eigenvalue weighted by Gasteiger charge is -2.36. The quantitative estimate of drug-likeness (QED) is 0.168. The van der Waals surface area contributed by atoms with Crippen molar-refractivity contribution in [1.29, 1.82) is 0 Å². The zero-order valence-corrected chi connectivity index (χ0v) is 26.7. The van der Waals surface area contributed by atoms with Gasteiger partial charge in [-0.1, -0.05) is 25.1 Å². The third-order valence-electron chi connectivity index (χ3n) is 7.73. The molecule has 9 nitrogen and oxygen atoms in total. The lowest BCUT2D eigenvalue weighted by atomic mass is 10.0. The van der Waals surface area contributed by atoms with Crippen LogP contribution in [0.25, 0.3) is 16.7 Å². The van der Waals surface area contributed by atoms with Gasteiger partial charge in [0, 0.05) is 31.8 Å². The molecule has 0 aliphatic heterocycles. The number of halogens is 4. The fraction of sp³-hybridized carbons (Fsp3) is 0.344. The number of carbonyl (C=O) groups excluding carboxylic acids is 1. The number of alkyl halides is 3. The van der Waals surface area contributed by atoms with E-state index in [0.29, 0.717) is 17.8 Å². The third kappa shape index (κ3) is 7.01. The largest absolute Gasteiger partial charge is 0.419 e. The minimum Gasteiger partial charge on any atom is -0.331 e. The number of aromatic nitrogens is 3. The highest BCUT2D eigenvalue weighted by molar-refractivity contribution is 7.92. The number of hydrogen-bond donors (Lipinski definition) is 0. The van der Waals surface area contributed by atoms with Gasteiger partial charge in [0.1, 0.15) is 11.6 Å². The standard InChI is InChI=1S/C32H33F4N5O4S/c1-6-46(44,45)31(3,4)19-40(27(42)17-22-11-14-26(33)25(16-22)32(34,35)36)20(2)29-39-28-24(8-7-15-38-28)30(43)41(29)23-12-9-21(10-13-23)18-37-5/h7-16,18,20H,6,17,19H2,1-5H3/t20-/m1/s1. The number of rotatable bonds is 10. The van der Waals surface area contributed by atoms with E-state index in [9.17, 15) is 35.6 Å². The predicted octanol–water partition coefficient (Wildman–Crippen LogP) is 5.33. The highest BCUT2D eigenvalue weighted by atomic mass is 32.2. The Kier molecular flexibility index (Phi) is 9.81. The molecule has 2 aromatic heterocycles. The molecule has 244 valence electrons. The van der Waals surface area contributed by atoms with Crippen LogP contribution in [-0.2, 0) is 27.2 Å². The Hall–Kier alpha value is -4.46. The maximum atomic E-state index is 14.0. The van der Waals surface area contributed by atoms with Gasteiger partial charge in [-0.25, -0.2) is 22.8 Å². The van der Waals surface area contributed by atoms with Gasteiger partial charge in [-0.2, -0.15) is 13.2 Å². The molecule has 0 radical (unpaired) electrons. The topological polar surface area (TPSA) is 115 Å². The van der Waals surface area contributed by atoms with Crippen molar-refractivity contribution in [2.24, 2.45) is 4.99 Å². The van der Waals surface area contributed by atoms with Gasteiger partial charge < -0.3 is 4.90 Å². The van der Waals surface area contributed by atoms with Gasteiger partial charge in [0.15, 0.2) is 15.5 Å². The van der Waals surface area contributed by atoms with Crippen LogP contribution in [0.15, 0.2) is 70.6 Å². The molecule has 14 heteroatoms. The van der Waals surface area contributed by atoms with Crippen molar-refractivity contribution in [1.82, 2.24) is 19.4 Å². The van der Waals surface area contributed by atoms with E-state index in [0.717, 1.165) is 11.6 Å². The van der Waals surface area contributed by atoms with Crippen molar-refractivity contribution in [3.05, 3.63) is 99.5 Å². The maximum absolute atomic E-state index is 14.0. The summed E-state index contributed by atoms with van der Waals surface area (Å²) in [5, 5.41) is 0.190. The van der Waals surface area contributed by atoms with Crippen LogP contribution in [0.1, 0.15) is 56.3 Å². The number of amides is 1. The normalized spacial score (nSPS) is 13.3. The molecule has 2 heterocycles. The van der Waals surface area contributed by atoms with Gasteiger partial charge in [-0.3, -0.25) is 19.1 Å². The number of aliphatic imine (C=N–C) groups is 1. The molecule has 2 aromatic carbocycles. The second kappa shape index (κ2) is 13.1. The number of fused-ring (bicyclic) bond motifs is 1. The summed E-state index contributed by atoms with van der Waals surface area (Å²) in [5.74, 6) is -2.44. The molecule has 46 heavy (non-hydrogen) atoms. The Morgan fingerprint density at radius 1 is 1.11 bits per heavy atom. The molecule has 1 atom stereocenters. The van der Waals surface area contributed by atoms with Gasteiger partial charge in [-0.15, -0.1) is 0 Å². The number of nitrogens with zero attached hydrogens (tertiary/aromatic N) is 5. The van der Waals surface area contributed by atoms with Gasteiger partial charge in [0.25, 0.3) is 5.56 Å². The highest BCUT2D eigenvalue weighted by Gasteiger charge is 2.39. The SMILES string of the molecule is CCS(=O)(=O)C(C)(C)CN(C(=O)Cc1ccc(F)c(C(F)(F)F)c1)[C@H](C)c1nc2ncccc2c(=O)n1-c1ccc(C=NC)cc1. The second-order valence-electron chi connectivity index (χ2n) is 11.3. The van der Waals surface area contributed by atoms with Crippen molar-refractivity contribution < 1.29 is 30.8 Å². The van der Waals surface area contributed by atoms with Crippen molar-refractivity contribution in [2.75, 3.05) is 19.3 Å². The summed E-state index contributed by atoms with van der Waals surface area (Å²) in [7, 11) is -2.16. The van der Waals surface area contributed by atoms with Gasteiger partial charge in [-0.05, 0) is 68.3 Å². The fourth-order valence-electron chi connectivity index (χ4n) is 5.08. The maximum Gasteiger partial charge on any atom is 0.419 e. The summed E-state index contributed by atoms with van der Waals surface area (Å²) in [4.78, 5) is 41.9. The van der Waals surface area contributed by atoms with E-state index >= 15 is 0 Å². The first-order valence-electron chi connectivity index (χ1n) is 14.3. The molecule has 4 aromatic rings. The van der Waals surface area contributed by atoms with E-state index in [1.54, 1.807) is 56.6 Å². The highest BCUT2D eigenvalue weighted by Crippen LogP contribution is 2.33. The lowest BCUT2D eigenvalue weighted by molar-refractivity contribution is -0.140. The predicted molar refractivity (Wildman–Crippen MR) is 167 cm³/mol. The number of benzene rings is 2. The van der Waals surface area contributed by atoms with Crippen molar-refractivity contribution in [2.45, 2.75) is 51.1 Å². The van der Waals surface area contributed by atoms with Gasteiger partial charge >= 0.3 is 6.18 Å². The average Bonchev–Trinajstić information content (AvgIpc) is 3.00. The van der Waals surface area contributed by atoms with Crippen LogP contribution in [0.3, 0.4) is 0 Å². The molecule has 4 rings (SSSR count). The summed E-state index contributed by atoms with van der Waals surface area (Å²) < 4.78 is 80.3. The lowest BCUT2D eigenvalue weighted by Crippen LogP contribution is -2.49. The third-order valence-corrected chi connectivity index (χ3v) is 10.3.